The van der Waals surface area contributed by atoms with Gasteiger partial charge in [-0.05, 0) is 54.8 Å². The molecule has 1 amide bonds. The summed E-state index contributed by atoms with van der Waals surface area (Å²) in [7, 11) is -1.85. The summed E-state index contributed by atoms with van der Waals surface area (Å²) in [5.41, 5.74) is 1.36. The van der Waals surface area contributed by atoms with Gasteiger partial charge in [-0.25, -0.2) is 8.42 Å². The Kier molecular flexibility index (Phi) is 7.24. The molecule has 2 aromatic rings. The van der Waals surface area contributed by atoms with Gasteiger partial charge in [-0.1, -0.05) is 12.1 Å². The van der Waals surface area contributed by atoms with Crippen molar-refractivity contribution in [1.82, 2.24) is 9.62 Å². The molecular weight excluding hydrogens is 392 g/mol. The van der Waals surface area contributed by atoms with Gasteiger partial charge in [-0.2, -0.15) is 4.31 Å². The van der Waals surface area contributed by atoms with E-state index >= 15 is 0 Å². The SMILES string of the molecule is COCCOc1ccc(CNC(=O)c2ccc(S(=O)(=O)N3CCCC3)cc2)cc1. The predicted octanol–water partition coefficient (Wildman–Crippen LogP) is 2.43. The molecule has 1 aliphatic rings. The van der Waals surface area contributed by atoms with E-state index in [0.717, 1.165) is 24.2 Å². The number of sulfonamides is 1. The van der Waals surface area contributed by atoms with Gasteiger partial charge in [0.15, 0.2) is 0 Å². The van der Waals surface area contributed by atoms with Gasteiger partial charge in [0, 0.05) is 32.3 Å². The van der Waals surface area contributed by atoms with Gasteiger partial charge in [0.25, 0.3) is 5.91 Å². The van der Waals surface area contributed by atoms with Crippen LogP contribution in [0, 0.1) is 0 Å². The molecule has 0 bridgehead atoms. The molecule has 1 saturated heterocycles. The zero-order valence-corrected chi connectivity index (χ0v) is 17.3. The van der Waals surface area contributed by atoms with E-state index in [1.807, 2.05) is 24.3 Å². The first-order chi connectivity index (χ1) is 14.0. The van der Waals surface area contributed by atoms with Crippen molar-refractivity contribution in [2.45, 2.75) is 24.3 Å². The van der Waals surface area contributed by atoms with Crippen molar-refractivity contribution in [2.75, 3.05) is 33.4 Å². The number of ether oxygens (including phenoxy) is 2. The van der Waals surface area contributed by atoms with E-state index in [2.05, 4.69) is 5.32 Å². The van der Waals surface area contributed by atoms with Crippen molar-refractivity contribution in [3.63, 3.8) is 0 Å². The summed E-state index contributed by atoms with van der Waals surface area (Å²) in [6.45, 7) is 2.48. The van der Waals surface area contributed by atoms with Gasteiger partial charge in [-0.3, -0.25) is 4.79 Å². The molecule has 2 aromatic carbocycles. The van der Waals surface area contributed by atoms with Crippen LogP contribution in [0.25, 0.3) is 0 Å². The van der Waals surface area contributed by atoms with Crippen LogP contribution in [0.1, 0.15) is 28.8 Å². The number of methoxy groups -OCH3 is 1. The molecule has 0 saturated carbocycles. The lowest BCUT2D eigenvalue weighted by atomic mass is 10.2. The number of nitrogens with one attached hydrogen (secondary N) is 1. The third kappa shape index (κ3) is 5.56. The largest absolute Gasteiger partial charge is 0.491 e. The first kappa shape index (κ1) is 21.3. The molecule has 1 heterocycles. The van der Waals surface area contributed by atoms with Gasteiger partial charge >= 0.3 is 0 Å². The second-order valence-electron chi connectivity index (χ2n) is 6.80. The Bertz CT molecular complexity index is 905. The third-order valence-electron chi connectivity index (χ3n) is 4.75. The molecule has 0 atom stereocenters. The number of hydrogen-bond acceptors (Lipinski definition) is 5. The minimum absolute atomic E-state index is 0.222. The molecule has 29 heavy (non-hydrogen) atoms. The minimum Gasteiger partial charge on any atom is -0.491 e. The Hall–Kier alpha value is -2.42. The van der Waals surface area contributed by atoms with E-state index in [-0.39, 0.29) is 10.8 Å². The quantitative estimate of drug-likeness (QED) is 0.632. The highest BCUT2D eigenvalue weighted by Crippen LogP contribution is 2.21. The van der Waals surface area contributed by atoms with Crippen LogP contribution in [-0.2, 0) is 21.3 Å². The van der Waals surface area contributed by atoms with Gasteiger partial charge in [0.2, 0.25) is 10.0 Å². The summed E-state index contributed by atoms with van der Waals surface area (Å²) in [6.07, 6.45) is 1.78. The monoisotopic (exact) mass is 418 g/mol. The summed E-state index contributed by atoms with van der Waals surface area (Å²) in [5, 5.41) is 2.84. The maximum atomic E-state index is 12.5. The van der Waals surface area contributed by atoms with Crippen molar-refractivity contribution < 1.29 is 22.7 Å². The highest BCUT2D eigenvalue weighted by molar-refractivity contribution is 7.89. The van der Waals surface area contributed by atoms with E-state index in [9.17, 15) is 13.2 Å². The van der Waals surface area contributed by atoms with Crippen molar-refractivity contribution in [3.05, 3.63) is 59.7 Å². The summed E-state index contributed by atoms with van der Waals surface area (Å²) >= 11 is 0. The molecule has 8 heteroatoms. The van der Waals surface area contributed by atoms with Crippen LogP contribution in [-0.4, -0.2) is 52.0 Å². The zero-order valence-electron chi connectivity index (χ0n) is 16.5. The predicted molar refractivity (Wildman–Crippen MR) is 109 cm³/mol. The van der Waals surface area contributed by atoms with E-state index in [1.165, 1.54) is 16.4 Å². The number of carbonyl (C=O) groups is 1. The lowest BCUT2D eigenvalue weighted by molar-refractivity contribution is 0.0951. The van der Waals surface area contributed by atoms with Crippen LogP contribution >= 0.6 is 0 Å². The first-order valence-electron chi connectivity index (χ1n) is 9.60. The number of hydrogen-bond donors (Lipinski definition) is 1. The number of rotatable bonds is 9. The molecule has 3 rings (SSSR count). The average Bonchev–Trinajstić information content (AvgIpc) is 3.29. The van der Waals surface area contributed by atoms with Crippen molar-refractivity contribution in [3.8, 4) is 5.75 Å². The van der Waals surface area contributed by atoms with E-state index in [0.29, 0.717) is 38.4 Å². The Morgan fingerprint density at radius 3 is 2.28 bits per heavy atom. The molecule has 1 fully saturated rings. The summed E-state index contributed by atoms with van der Waals surface area (Å²) in [5.74, 6) is 0.488. The maximum absolute atomic E-state index is 12.5. The molecule has 0 aromatic heterocycles. The van der Waals surface area contributed by atoms with Gasteiger partial charge < -0.3 is 14.8 Å². The van der Waals surface area contributed by atoms with Crippen LogP contribution in [0.5, 0.6) is 5.75 Å². The van der Waals surface area contributed by atoms with Gasteiger partial charge in [0.1, 0.15) is 12.4 Å². The van der Waals surface area contributed by atoms with Crippen LogP contribution < -0.4 is 10.1 Å². The number of carbonyl (C=O) groups excluding carboxylic acids is 1. The Labute approximate surface area is 171 Å². The summed E-state index contributed by atoms with van der Waals surface area (Å²) in [6, 6.07) is 13.5. The molecule has 0 unspecified atom stereocenters. The second-order valence-corrected chi connectivity index (χ2v) is 8.74. The Balaban J connectivity index is 1.54. The fraction of sp³-hybridized carbons (Fsp3) is 0.381. The number of amides is 1. The molecule has 1 aliphatic heterocycles. The van der Waals surface area contributed by atoms with Crippen molar-refractivity contribution in [1.29, 1.82) is 0 Å². The second kappa shape index (κ2) is 9.87. The molecule has 7 nitrogen and oxygen atoms in total. The van der Waals surface area contributed by atoms with E-state index < -0.39 is 10.0 Å². The van der Waals surface area contributed by atoms with Crippen molar-refractivity contribution in [2.24, 2.45) is 0 Å². The molecular formula is C21H26N2O5S. The molecule has 156 valence electrons. The first-order valence-corrected chi connectivity index (χ1v) is 11.0. The fourth-order valence-corrected chi connectivity index (χ4v) is 4.60. The van der Waals surface area contributed by atoms with Gasteiger partial charge in [-0.15, -0.1) is 0 Å². The lowest BCUT2D eigenvalue weighted by Gasteiger charge is -2.15. The normalized spacial score (nSPS) is 14.7. The number of nitrogens with zero attached hydrogens (tertiary/aromatic N) is 1. The Morgan fingerprint density at radius 2 is 1.66 bits per heavy atom. The fourth-order valence-electron chi connectivity index (χ4n) is 3.09. The van der Waals surface area contributed by atoms with Crippen LogP contribution in [0.3, 0.4) is 0 Å². The maximum Gasteiger partial charge on any atom is 0.251 e. The van der Waals surface area contributed by atoms with Gasteiger partial charge in [0.05, 0.1) is 11.5 Å². The van der Waals surface area contributed by atoms with Crippen LogP contribution in [0.2, 0.25) is 0 Å². The molecule has 0 radical (unpaired) electrons. The minimum atomic E-state index is -3.47. The summed E-state index contributed by atoms with van der Waals surface area (Å²) in [4.78, 5) is 12.6. The van der Waals surface area contributed by atoms with Crippen molar-refractivity contribution >= 4 is 15.9 Å². The smallest absolute Gasteiger partial charge is 0.251 e. The highest BCUT2D eigenvalue weighted by atomic mass is 32.2. The third-order valence-corrected chi connectivity index (χ3v) is 6.66. The van der Waals surface area contributed by atoms with Crippen LogP contribution in [0.15, 0.2) is 53.4 Å². The molecule has 0 spiro atoms. The lowest BCUT2D eigenvalue weighted by Crippen LogP contribution is -2.28. The van der Waals surface area contributed by atoms with E-state index in [1.54, 1.807) is 19.2 Å². The highest BCUT2D eigenvalue weighted by Gasteiger charge is 2.27. The zero-order chi connectivity index (χ0) is 20.7. The summed E-state index contributed by atoms with van der Waals surface area (Å²) < 4.78 is 37.0. The average molecular weight is 419 g/mol. The standard InChI is InChI=1S/C21H26N2O5S/c1-27-14-15-28-19-8-4-17(5-9-19)16-22-21(24)18-6-10-20(11-7-18)29(25,26)23-12-2-3-13-23/h4-11H,2-3,12-16H2,1H3,(H,22,24). The van der Waals surface area contributed by atoms with Crippen LogP contribution in [0.4, 0.5) is 0 Å². The molecule has 1 N–H and O–H groups in total. The van der Waals surface area contributed by atoms with E-state index in [4.69, 9.17) is 9.47 Å². The topological polar surface area (TPSA) is 84.9 Å². The molecule has 0 aliphatic carbocycles. The number of benzene rings is 2. The Morgan fingerprint density at radius 1 is 1.00 bits per heavy atom.